The molecule has 1 N–H and O–H groups in total. The van der Waals surface area contributed by atoms with Crippen molar-refractivity contribution in [3.8, 4) is 16.9 Å². The van der Waals surface area contributed by atoms with Crippen LogP contribution in [0.5, 0.6) is 5.75 Å². The van der Waals surface area contributed by atoms with Crippen molar-refractivity contribution in [1.29, 1.82) is 0 Å². The molecule has 0 amide bonds. The molecule has 0 unspecified atom stereocenters. The Morgan fingerprint density at radius 1 is 1.03 bits per heavy atom. The third kappa shape index (κ3) is 4.10. The van der Waals surface area contributed by atoms with Gasteiger partial charge in [0.2, 0.25) is 0 Å². The molecule has 0 aliphatic rings. The molecule has 4 rings (SSSR count). The number of para-hydroxylation sites is 2. The van der Waals surface area contributed by atoms with Crippen molar-refractivity contribution in [2.24, 2.45) is 0 Å². The van der Waals surface area contributed by atoms with Crippen LogP contribution in [0.4, 0.5) is 11.5 Å². The van der Waals surface area contributed by atoms with Crippen LogP contribution < -0.4 is 10.1 Å². The Balaban J connectivity index is 1.74. The number of hydrogen-bond donors (Lipinski definition) is 1. The van der Waals surface area contributed by atoms with Crippen LogP contribution >= 0.6 is 11.3 Å². The van der Waals surface area contributed by atoms with Gasteiger partial charge in [0.1, 0.15) is 22.7 Å². The largest absolute Gasteiger partial charge is 0.491 e. The fourth-order valence-electron chi connectivity index (χ4n) is 3.27. The molecule has 4 aromatic rings. The van der Waals surface area contributed by atoms with Crippen LogP contribution in [0.1, 0.15) is 38.7 Å². The number of ether oxygens (including phenoxy) is 1. The van der Waals surface area contributed by atoms with Crippen LogP contribution in [0.2, 0.25) is 0 Å². The predicted molar refractivity (Wildman–Crippen MR) is 122 cm³/mol. The topological polar surface area (TPSA) is 47.0 Å². The second-order valence-corrected chi connectivity index (χ2v) is 8.16. The van der Waals surface area contributed by atoms with Crippen LogP contribution in [0, 0.1) is 0 Å². The molecule has 5 heteroatoms. The summed E-state index contributed by atoms with van der Waals surface area (Å²) in [6.45, 7) is 7.21. The van der Waals surface area contributed by atoms with Gasteiger partial charge in [0.05, 0.1) is 17.7 Å². The molecule has 2 aromatic heterocycles. The van der Waals surface area contributed by atoms with Gasteiger partial charge in [-0.2, -0.15) is 0 Å². The minimum atomic E-state index is 0.517. The van der Waals surface area contributed by atoms with Crippen molar-refractivity contribution in [3.63, 3.8) is 0 Å². The lowest BCUT2D eigenvalue weighted by Crippen LogP contribution is -2.01. The number of fused-ring (bicyclic) bond motifs is 1. The lowest BCUT2D eigenvalue weighted by molar-refractivity contribution is 0.319. The third-order valence-corrected chi connectivity index (χ3v) is 5.75. The summed E-state index contributed by atoms with van der Waals surface area (Å²) in [7, 11) is 0. The second kappa shape index (κ2) is 8.62. The monoisotopic (exact) mass is 403 g/mol. The number of nitrogens with one attached hydrogen (secondary N) is 1. The van der Waals surface area contributed by atoms with Crippen molar-refractivity contribution in [3.05, 3.63) is 65.8 Å². The van der Waals surface area contributed by atoms with Crippen LogP contribution in [-0.2, 0) is 0 Å². The predicted octanol–water partition coefficient (Wildman–Crippen LogP) is 7.01. The summed E-state index contributed by atoms with van der Waals surface area (Å²) in [6, 6.07) is 16.8. The summed E-state index contributed by atoms with van der Waals surface area (Å²) in [5.41, 5.74) is 4.57. The van der Waals surface area contributed by atoms with Crippen molar-refractivity contribution >= 4 is 33.1 Å². The maximum absolute atomic E-state index is 5.90. The molecule has 0 atom stereocenters. The fraction of sp³-hybridized carbons (Fsp3) is 0.250. The number of hydrogen-bond acceptors (Lipinski definition) is 5. The van der Waals surface area contributed by atoms with Gasteiger partial charge in [0.25, 0.3) is 0 Å². The quantitative estimate of drug-likeness (QED) is 0.360. The normalized spacial score (nSPS) is 11.2. The molecular formula is C24H25N3OS. The van der Waals surface area contributed by atoms with Gasteiger partial charge in [-0.3, -0.25) is 0 Å². The van der Waals surface area contributed by atoms with E-state index in [-0.39, 0.29) is 0 Å². The van der Waals surface area contributed by atoms with Crippen molar-refractivity contribution in [2.45, 2.75) is 33.1 Å². The molecular weight excluding hydrogens is 378 g/mol. The molecule has 148 valence electrons. The van der Waals surface area contributed by atoms with Crippen LogP contribution in [-0.4, -0.2) is 16.6 Å². The summed E-state index contributed by atoms with van der Waals surface area (Å²) in [5, 5.41) is 6.68. The molecule has 0 spiro atoms. The number of aromatic nitrogens is 2. The Bertz CT molecular complexity index is 1100. The van der Waals surface area contributed by atoms with Gasteiger partial charge in [-0.05, 0) is 35.6 Å². The molecule has 0 radical (unpaired) electrons. The van der Waals surface area contributed by atoms with Gasteiger partial charge < -0.3 is 10.1 Å². The van der Waals surface area contributed by atoms with E-state index in [1.165, 1.54) is 11.1 Å². The first-order valence-corrected chi connectivity index (χ1v) is 10.9. The van der Waals surface area contributed by atoms with Crippen molar-refractivity contribution in [2.75, 3.05) is 11.9 Å². The highest BCUT2D eigenvalue weighted by atomic mass is 32.1. The zero-order valence-corrected chi connectivity index (χ0v) is 17.8. The van der Waals surface area contributed by atoms with Crippen molar-refractivity contribution < 1.29 is 4.74 Å². The summed E-state index contributed by atoms with van der Waals surface area (Å²) < 4.78 is 5.90. The Hall–Kier alpha value is -2.92. The minimum absolute atomic E-state index is 0.517. The lowest BCUT2D eigenvalue weighted by Gasteiger charge is -2.13. The standard InChI is InChI=1S/C24H25N3OS/c1-4-13-28-21-8-6-5-7-20(21)27-23-22-19(14-29-24(22)26-15-25-23)18-11-9-17(10-12-18)16(2)3/h5-12,14-16H,4,13H2,1-3H3,(H,25,26,27). The van der Waals surface area contributed by atoms with E-state index in [9.17, 15) is 0 Å². The average Bonchev–Trinajstić information content (AvgIpc) is 3.18. The summed E-state index contributed by atoms with van der Waals surface area (Å²) in [6.07, 6.45) is 2.58. The van der Waals surface area contributed by atoms with E-state index >= 15 is 0 Å². The van der Waals surface area contributed by atoms with Crippen LogP contribution in [0.15, 0.2) is 60.2 Å². The first kappa shape index (κ1) is 19.4. The Morgan fingerprint density at radius 3 is 2.59 bits per heavy atom. The van der Waals surface area contributed by atoms with Gasteiger partial charge >= 0.3 is 0 Å². The van der Waals surface area contributed by atoms with E-state index in [0.29, 0.717) is 12.5 Å². The number of nitrogens with zero attached hydrogens (tertiary/aromatic N) is 2. The number of anilines is 2. The highest BCUT2D eigenvalue weighted by Crippen LogP contribution is 2.38. The summed E-state index contributed by atoms with van der Waals surface area (Å²) >= 11 is 1.64. The highest BCUT2D eigenvalue weighted by molar-refractivity contribution is 7.17. The SMILES string of the molecule is CCCOc1ccccc1Nc1ncnc2scc(-c3ccc(C(C)C)cc3)c12. The van der Waals surface area contributed by atoms with E-state index in [0.717, 1.165) is 39.5 Å². The molecule has 0 fully saturated rings. The molecule has 0 aliphatic carbocycles. The Kier molecular flexibility index (Phi) is 5.76. The first-order chi connectivity index (χ1) is 14.2. The van der Waals surface area contributed by atoms with E-state index in [1.54, 1.807) is 17.7 Å². The maximum atomic E-state index is 5.90. The Labute approximate surface area is 175 Å². The number of thiophene rings is 1. The fourth-order valence-corrected chi connectivity index (χ4v) is 4.18. The molecule has 0 saturated heterocycles. The summed E-state index contributed by atoms with van der Waals surface area (Å²) in [4.78, 5) is 10.0. The van der Waals surface area contributed by atoms with E-state index in [4.69, 9.17) is 4.74 Å². The van der Waals surface area contributed by atoms with Gasteiger partial charge in [-0.15, -0.1) is 11.3 Å². The maximum Gasteiger partial charge on any atom is 0.143 e. The summed E-state index contributed by atoms with van der Waals surface area (Å²) in [5.74, 6) is 2.15. The van der Waals surface area contributed by atoms with Crippen LogP contribution in [0.25, 0.3) is 21.3 Å². The lowest BCUT2D eigenvalue weighted by atomic mass is 9.99. The average molecular weight is 404 g/mol. The van der Waals surface area contributed by atoms with Gasteiger partial charge in [-0.25, -0.2) is 9.97 Å². The molecule has 2 heterocycles. The zero-order chi connectivity index (χ0) is 20.2. The zero-order valence-electron chi connectivity index (χ0n) is 17.0. The second-order valence-electron chi connectivity index (χ2n) is 7.30. The molecule has 2 aromatic carbocycles. The minimum Gasteiger partial charge on any atom is -0.491 e. The van der Waals surface area contributed by atoms with Crippen LogP contribution in [0.3, 0.4) is 0 Å². The smallest absolute Gasteiger partial charge is 0.143 e. The van der Waals surface area contributed by atoms with E-state index in [1.807, 2.05) is 24.3 Å². The van der Waals surface area contributed by atoms with E-state index in [2.05, 4.69) is 65.7 Å². The van der Waals surface area contributed by atoms with Crippen molar-refractivity contribution in [1.82, 2.24) is 9.97 Å². The molecule has 0 bridgehead atoms. The highest BCUT2D eigenvalue weighted by Gasteiger charge is 2.15. The van der Waals surface area contributed by atoms with E-state index < -0.39 is 0 Å². The number of benzene rings is 2. The van der Waals surface area contributed by atoms with Gasteiger partial charge in [-0.1, -0.05) is 57.2 Å². The van der Waals surface area contributed by atoms with Gasteiger partial charge in [0.15, 0.2) is 0 Å². The molecule has 4 nitrogen and oxygen atoms in total. The van der Waals surface area contributed by atoms with Gasteiger partial charge in [0, 0.05) is 10.9 Å². The molecule has 0 aliphatic heterocycles. The molecule has 0 saturated carbocycles. The third-order valence-electron chi connectivity index (χ3n) is 4.86. The first-order valence-electron chi connectivity index (χ1n) is 9.98. The number of rotatable bonds is 7. The molecule has 29 heavy (non-hydrogen) atoms. The Morgan fingerprint density at radius 2 is 1.83 bits per heavy atom.